The van der Waals surface area contributed by atoms with Crippen molar-refractivity contribution in [2.24, 2.45) is 0 Å². The van der Waals surface area contributed by atoms with Gasteiger partial charge in [-0.25, -0.2) is 0 Å². The highest BCUT2D eigenvalue weighted by molar-refractivity contribution is 5.96. The zero-order valence-electron chi connectivity index (χ0n) is 16.7. The first-order valence-electron chi connectivity index (χ1n) is 9.83. The van der Waals surface area contributed by atoms with Crippen molar-refractivity contribution in [1.29, 1.82) is 0 Å². The number of hydrogen-bond acceptors (Lipinski definition) is 3. The van der Waals surface area contributed by atoms with Crippen molar-refractivity contribution in [3.63, 3.8) is 0 Å². The quantitative estimate of drug-likeness (QED) is 0.806. The molecular formula is C22H22F3N3O3. The van der Waals surface area contributed by atoms with Gasteiger partial charge in [0, 0.05) is 37.3 Å². The fourth-order valence-corrected chi connectivity index (χ4v) is 3.31. The van der Waals surface area contributed by atoms with E-state index in [1.54, 1.807) is 35.2 Å². The summed E-state index contributed by atoms with van der Waals surface area (Å²) >= 11 is 0. The highest BCUT2D eigenvalue weighted by Crippen LogP contribution is 2.29. The number of benzene rings is 2. The summed E-state index contributed by atoms with van der Waals surface area (Å²) in [5.74, 6) is -0.976. The van der Waals surface area contributed by atoms with Crippen molar-refractivity contribution in [2.45, 2.75) is 12.6 Å². The maximum absolute atomic E-state index is 12.7. The lowest BCUT2D eigenvalue weighted by atomic mass is 10.1. The minimum Gasteiger partial charge on any atom is -0.343 e. The lowest BCUT2D eigenvalue weighted by molar-refractivity contribution is -0.137. The van der Waals surface area contributed by atoms with Crippen LogP contribution in [0.15, 0.2) is 54.6 Å². The number of carbonyl (C=O) groups excluding carboxylic acids is 3. The van der Waals surface area contributed by atoms with Gasteiger partial charge in [-0.15, -0.1) is 0 Å². The predicted molar refractivity (Wildman–Crippen MR) is 107 cm³/mol. The molecule has 1 saturated heterocycles. The molecule has 3 amide bonds. The van der Waals surface area contributed by atoms with Crippen molar-refractivity contribution in [1.82, 2.24) is 15.1 Å². The van der Waals surface area contributed by atoms with Gasteiger partial charge in [0.25, 0.3) is 11.8 Å². The van der Waals surface area contributed by atoms with Crippen molar-refractivity contribution in [3.8, 4) is 0 Å². The molecule has 0 saturated carbocycles. The molecule has 0 bridgehead atoms. The minimum atomic E-state index is -4.46. The Morgan fingerprint density at radius 3 is 2.06 bits per heavy atom. The summed E-state index contributed by atoms with van der Waals surface area (Å²) in [5, 5.41) is 2.59. The SMILES string of the molecule is O=C(NCC(=O)N1CCCN(C(=O)c2ccc(C(F)(F)F)cc2)CC1)c1ccccc1. The number of nitrogens with zero attached hydrogens (tertiary/aromatic N) is 2. The Bertz CT molecular complexity index is 931. The van der Waals surface area contributed by atoms with E-state index in [1.165, 1.54) is 4.90 Å². The van der Waals surface area contributed by atoms with E-state index in [9.17, 15) is 27.6 Å². The molecule has 0 radical (unpaired) electrons. The van der Waals surface area contributed by atoms with Gasteiger partial charge in [0.2, 0.25) is 5.91 Å². The average Bonchev–Trinajstić information content (AvgIpc) is 3.03. The molecule has 0 spiro atoms. The molecule has 2 aromatic rings. The molecule has 1 heterocycles. The Kier molecular flexibility index (Phi) is 6.94. The molecule has 1 fully saturated rings. The topological polar surface area (TPSA) is 69.7 Å². The van der Waals surface area contributed by atoms with Gasteiger partial charge in [-0.3, -0.25) is 14.4 Å². The van der Waals surface area contributed by atoms with Crippen molar-refractivity contribution < 1.29 is 27.6 Å². The Morgan fingerprint density at radius 1 is 0.806 bits per heavy atom. The summed E-state index contributed by atoms with van der Waals surface area (Å²) in [6.07, 6.45) is -3.92. The molecule has 6 nitrogen and oxygen atoms in total. The first kappa shape index (κ1) is 22.3. The summed E-state index contributed by atoms with van der Waals surface area (Å²) in [7, 11) is 0. The van der Waals surface area contributed by atoms with E-state index in [4.69, 9.17) is 0 Å². The average molecular weight is 433 g/mol. The number of nitrogens with one attached hydrogen (secondary N) is 1. The van der Waals surface area contributed by atoms with Crippen LogP contribution in [0.2, 0.25) is 0 Å². The van der Waals surface area contributed by atoms with Crippen molar-refractivity contribution in [3.05, 3.63) is 71.3 Å². The lowest BCUT2D eigenvalue weighted by Gasteiger charge is -2.22. The molecule has 0 unspecified atom stereocenters. The molecule has 0 atom stereocenters. The van der Waals surface area contributed by atoms with Crippen LogP contribution < -0.4 is 5.32 Å². The maximum Gasteiger partial charge on any atom is 0.416 e. The monoisotopic (exact) mass is 433 g/mol. The zero-order chi connectivity index (χ0) is 22.4. The standard InChI is InChI=1S/C22H22F3N3O3/c23-22(24,25)18-9-7-17(8-10-18)21(31)28-12-4-11-27(13-14-28)19(29)15-26-20(30)16-5-2-1-3-6-16/h1-3,5-10H,4,11-15H2,(H,26,30). The third-order valence-corrected chi connectivity index (χ3v) is 5.03. The lowest BCUT2D eigenvalue weighted by Crippen LogP contribution is -2.42. The number of hydrogen-bond donors (Lipinski definition) is 1. The Hall–Kier alpha value is -3.36. The highest BCUT2D eigenvalue weighted by Gasteiger charge is 2.30. The fraction of sp³-hybridized carbons (Fsp3) is 0.318. The van der Waals surface area contributed by atoms with Gasteiger partial charge in [0.05, 0.1) is 12.1 Å². The van der Waals surface area contributed by atoms with E-state index >= 15 is 0 Å². The normalized spacial score (nSPS) is 14.7. The van der Waals surface area contributed by atoms with Crippen LogP contribution in [0.4, 0.5) is 13.2 Å². The molecule has 1 N–H and O–H groups in total. The van der Waals surface area contributed by atoms with E-state index in [0.29, 0.717) is 25.1 Å². The molecule has 9 heteroatoms. The number of carbonyl (C=O) groups is 3. The smallest absolute Gasteiger partial charge is 0.343 e. The Morgan fingerprint density at radius 2 is 1.42 bits per heavy atom. The third-order valence-electron chi connectivity index (χ3n) is 5.03. The van der Waals surface area contributed by atoms with Crippen LogP contribution in [-0.2, 0) is 11.0 Å². The van der Waals surface area contributed by atoms with Gasteiger partial charge < -0.3 is 15.1 Å². The second-order valence-electron chi connectivity index (χ2n) is 7.15. The number of rotatable bonds is 4. The summed E-state index contributed by atoms with van der Waals surface area (Å²) in [5.41, 5.74) is -0.184. The molecule has 3 rings (SSSR count). The van der Waals surface area contributed by atoms with Crippen LogP contribution >= 0.6 is 0 Å². The fourth-order valence-electron chi connectivity index (χ4n) is 3.31. The van der Waals surface area contributed by atoms with Gasteiger partial charge >= 0.3 is 6.18 Å². The molecule has 0 aromatic heterocycles. The number of amides is 3. The maximum atomic E-state index is 12.7. The summed E-state index contributed by atoms with van der Waals surface area (Å²) in [4.78, 5) is 40.3. The summed E-state index contributed by atoms with van der Waals surface area (Å²) in [6.45, 7) is 1.21. The van der Waals surface area contributed by atoms with Crippen LogP contribution in [0.1, 0.15) is 32.7 Å². The first-order valence-corrected chi connectivity index (χ1v) is 9.83. The Balaban J connectivity index is 1.53. The van der Waals surface area contributed by atoms with Crippen LogP contribution in [0.25, 0.3) is 0 Å². The number of halogens is 3. The first-order chi connectivity index (χ1) is 14.8. The van der Waals surface area contributed by atoms with Crippen LogP contribution in [0.3, 0.4) is 0 Å². The Labute approximate surface area is 177 Å². The largest absolute Gasteiger partial charge is 0.416 e. The zero-order valence-corrected chi connectivity index (χ0v) is 16.7. The molecular weight excluding hydrogens is 411 g/mol. The van der Waals surface area contributed by atoms with Gasteiger partial charge in [0.1, 0.15) is 0 Å². The van der Waals surface area contributed by atoms with E-state index in [1.807, 2.05) is 0 Å². The molecule has 2 aromatic carbocycles. The van der Waals surface area contributed by atoms with E-state index in [2.05, 4.69) is 5.32 Å². The molecule has 0 aliphatic carbocycles. The predicted octanol–water partition coefficient (Wildman–Crippen LogP) is 2.81. The van der Waals surface area contributed by atoms with Crippen LogP contribution in [0.5, 0.6) is 0 Å². The molecule has 164 valence electrons. The highest BCUT2D eigenvalue weighted by atomic mass is 19.4. The second-order valence-corrected chi connectivity index (χ2v) is 7.15. The third kappa shape index (κ3) is 5.84. The van der Waals surface area contributed by atoms with E-state index < -0.39 is 11.7 Å². The van der Waals surface area contributed by atoms with Crippen LogP contribution in [-0.4, -0.2) is 60.2 Å². The summed E-state index contributed by atoms with van der Waals surface area (Å²) < 4.78 is 38.1. The van der Waals surface area contributed by atoms with Gasteiger partial charge in [-0.1, -0.05) is 18.2 Å². The van der Waals surface area contributed by atoms with Crippen molar-refractivity contribution in [2.75, 3.05) is 32.7 Å². The molecule has 1 aliphatic heterocycles. The number of alkyl halides is 3. The van der Waals surface area contributed by atoms with E-state index in [0.717, 1.165) is 24.3 Å². The second kappa shape index (κ2) is 9.63. The molecule has 1 aliphatic rings. The minimum absolute atomic E-state index is 0.152. The van der Waals surface area contributed by atoms with E-state index in [-0.39, 0.29) is 42.9 Å². The van der Waals surface area contributed by atoms with Gasteiger partial charge in [-0.2, -0.15) is 13.2 Å². The van der Waals surface area contributed by atoms with Crippen LogP contribution in [0, 0.1) is 0 Å². The van der Waals surface area contributed by atoms with Crippen molar-refractivity contribution >= 4 is 17.7 Å². The van der Waals surface area contributed by atoms with Gasteiger partial charge in [0.15, 0.2) is 0 Å². The van der Waals surface area contributed by atoms with Gasteiger partial charge in [-0.05, 0) is 42.8 Å². The molecule has 31 heavy (non-hydrogen) atoms. The summed E-state index contributed by atoms with van der Waals surface area (Å²) in [6, 6.07) is 12.6.